The Morgan fingerprint density at radius 2 is 2.10 bits per heavy atom. The van der Waals surface area contributed by atoms with E-state index in [1.165, 1.54) is 17.0 Å². The fourth-order valence-electron chi connectivity index (χ4n) is 2.17. The van der Waals surface area contributed by atoms with Crippen LogP contribution in [0.3, 0.4) is 0 Å². The quantitative estimate of drug-likeness (QED) is 0.648. The van der Waals surface area contributed by atoms with E-state index >= 15 is 0 Å². The van der Waals surface area contributed by atoms with Crippen LogP contribution in [0.15, 0.2) is 30.3 Å². The van der Waals surface area contributed by atoms with E-state index in [0.717, 1.165) is 22.3 Å². The standard InChI is InChI=1S/C15H13ClFN3S/c1-3-11-8-12-13(18-15(16)19-14(12)21-11)20(2)10-6-4-5-9(17)7-10/h4-8H,3H2,1-2H3. The maximum atomic E-state index is 13.4. The van der Waals surface area contributed by atoms with Gasteiger partial charge < -0.3 is 4.90 Å². The minimum atomic E-state index is -0.282. The van der Waals surface area contributed by atoms with E-state index in [2.05, 4.69) is 23.0 Å². The Morgan fingerprint density at radius 1 is 1.29 bits per heavy atom. The molecule has 3 rings (SSSR count). The fourth-order valence-corrected chi connectivity index (χ4v) is 3.34. The van der Waals surface area contributed by atoms with Crippen molar-refractivity contribution in [1.29, 1.82) is 0 Å². The average Bonchev–Trinajstić information content (AvgIpc) is 2.88. The summed E-state index contributed by atoms with van der Waals surface area (Å²) in [6.07, 6.45) is 0.932. The highest BCUT2D eigenvalue weighted by Gasteiger charge is 2.15. The highest BCUT2D eigenvalue weighted by molar-refractivity contribution is 7.18. The summed E-state index contributed by atoms with van der Waals surface area (Å²) in [5, 5.41) is 1.14. The highest BCUT2D eigenvalue weighted by atomic mass is 35.5. The molecule has 0 aliphatic heterocycles. The second-order valence-corrected chi connectivity index (χ2v) is 6.09. The molecule has 0 saturated carbocycles. The van der Waals surface area contributed by atoms with Gasteiger partial charge in [0.15, 0.2) is 0 Å². The van der Waals surface area contributed by atoms with Gasteiger partial charge >= 0.3 is 0 Å². The minimum absolute atomic E-state index is 0.199. The summed E-state index contributed by atoms with van der Waals surface area (Å²) in [5.74, 6) is 0.405. The molecule has 1 aromatic carbocycles. The smallest absolute Gasteiger partial charge is 0.225 e. The van der Waals surface area contributed by atoms with Gasteiger partial charge in [0.1, 0.15) is 16.5 Å². The first-order valence-electron chi connectivity index (χ1n) is 6.53. The topological polar surface area (TPSA) is 29.0 Å². The summed E-state index contributed by atoms with van der Waals surface area (Å²) in [4.78, 5) is 12.5. The van der Waals surface area contributed by atoms with Gasteiger partial charge in [0.2, 0.25) is 5.28 Å². The van der Waals surface area contributed by atoms with Crippen LogP contribution in [0.2, 0.25) is 5.28 Å². The maximum Gasteiger partial charge on any atom is 0.225 e. The van der Waals surface area contributed by atoms with Gasteiger partial charge in [-0.25, -0.2) is 9.37 Å². The average molecular weight is 322 g/mol. The van der Waals surface area contributed by atoms with E-state index in [4.69, 9.17) is 11.6 Å². The summed E-state index contributed by atoms with van der Waals surface area (Å²) in [7, 11) is 1.84. The Kier molecular flexibility index (Phi) is 3.78. The molecule has 0 bridgehead atoms. The van der Waals surface area contributed by atoms with Gasteiger partial charge in [0.05, 0.1) is 5.39 Å². The lowest BCUT2D eigenvalue weighted by molar-refractivity contribution is 0.628. The molecule has 2 heterocycles. The van der Waals surface area contributed by atoms with Gasteiger partial charge in [-0.05, 0) is 42.3 Å². The van der Waals surface area contributed by atoms with E-state index in [1.54, 1.807) is 17.4 Å². The number of aryl methyl sites for hydroxylation is 1. The van der Waals surface area contributed by atoms with Crippen molar-refractivity contribution >= 4 is 44.7 Å². The van der Waals surface area contributed by atoms with Gasteiger partial charge in [-0.1, -0.05) is 13.0 Å². The highest BCUT2D eigenvalue weighted by Crippen LogP contribution is 2.34. The predicted octanol–water partition coefficient (Wildman–Crippen LogP) is 4.81. The molecule has 3 aromatic rings. The van der Waals surface area contributed by atoms with Crippen LogP contribution in [0.1, 0.15) is 11.8 Å². The monoisotopic (exact) mass is 321 g/mol. The number of aromatic nitrogens is 2. The van der Waals surface area contributed by atoms with Crippen molar-refractivity contribution in [1.82, 2.24) is 9.97 Å². The summed E-state index contributed by atoms with van der Waals surface area (Å²) < 4.78 is 13.4. The lowest BCUT2D eigenvalue weighted by Crippen LogP contribution is -2.12. The second-order valence-electron chi connectivity index (χ2n) is 4.64. The van der Waals surface area contributed by atoms with Crippen molar-refractivity contribution in [2.45, 2.75) is 13.3 Å². The van der Waals surface area contributed by atoms with E-state index in [0.29, 0.717) is 5.82 Å². The van der Waals surface area contributed by atoms with Crippen LogP contribution >= 0.6 is 22.9 Å². The number of anilines is 2. The Labute approximate surface area is 131 Å². The molecule has 108 valence electrons. The molecular formula is C15H13ClFN3S. The van der Waals surface area contributed by atoms with Gasteiger partial charge in [-0.2, -0.15) is 4.98 Å². The lowest BCUT2D eigenvalue weighted by atomic mass is 10.2. The van der Waals surface area contributed by atoms with E-state index < -0.39 is 0 Å². The summed E-state index contributed by atoms with van der Waals surface area (Å²) in [5.41, 5.74) is 0.718. The van der Waals surface area contributed by atoms with Gasteiger partial charge in [0, 0.05) is 17.6 Å². The zero-order chi connectivity index (χ0) is 15.0. The molecule has 0 aliphatic rings. The van der Waals surface area contributed by atoms with Crippen molar-refractivity contribution in [2.75, 3.05) is 11.9 Å². The Bertz CT molecular complexity index is 803. The zero-order valence-electron chi connectivity index (χ0n) is 11.6. The molecule has 0 N–H and O–H groups in total. The first-order valence-corrected chi connectivity index (χ1v) is 7.73. The summed E-state index contributed by atoms with van der Waals surface area (Å²) in [6, 6.07) is 8.46. The van der Waals surface area contributed by atoms with E-state index in [9.17, 15) is 4.39 Å². The molecule has 0 aliphatic carbocycles. The molecule has 0 atom stereocenters. The normalized spacial score (nSPS) is 11.0. The SMILES string of the molecule is CCc1cc2c(N(C)c3cccc(F)c3)nc(Cl)nc2s1. The minimum Gasteiger partial charge on any atom is -0.329 e. The number of nitrogens with zero attached hydrogens (tertiary/aromatic N) is 3. The lowest BCUT2D eigenvalue weighted by Gasteiger charge is -2.19. The van der Waals surface area contributed by atoms with Crippen molar-refractivity contribution < 1.29 is 4.39 Å². The van der Waals surface area contributed by atoms with Gasteiger partial charge in [0.25, 0.3) is 0 Å². The molecule has 0 saturated heterocycles. The van der Waals surface area contributed by atoms with Crippen molar-refractivity contribution in [2.24, 2.45) is 0 Å². The molecule has 0 unspecified atom stereocenters. The zero-order valence-corrected chi connectivity index (χ0v) is 13.2. The number of halogens is 2. The van der Waals surface area contributed by atoms with E-state index in [-0.39, 0.29) is 11.1 Å². The van der Waals surface area contributed by atoms with Crippen molar-refractivity contribution in [3.8, 4) is 0 Å². The fraction of sp³-hybridized carbons (Fsp3) is 0.200. The van der Waals surface area contributed by atoms with E-state index in [1.807, 2.05) is 18.0 Å². The first-order chi connectivity index (χ1) is 10.1. The number of hydrogen-bond donors (Lipinski definition) is 0. The van der Waals surface area contributed by atoms with Crippen LogP contribution in [0.25, 0.3) is 10.2 Å². The van der Waals surface area contributed by atoms with Crippen LogP contribution in [0, 0.1) is 5.82 Å². The second kappa shape index (κ2) is 5.58. The number of rotatable bonds is 3. The predicted molar refractivity (Wildman–Crippen MR) is 86.3 cm³/mol. The number of thiophene rings is 1. The Morgan fingerprint density at radius 3 is 2.81 bits per heavy atom. The molecule has 0 fully saturated rings. The summed E-state index contributed by atoms with van der Waals surface area (Å²) >= 11 is 7.63. The van der Waals surface area contributed by atoms with Crippen LogP contribution in [0.5, 0.6) is 0 Å². The number of benzene rings is 1. The summed E-state index contributed by atoms with van der Waals surface area (Å²) in [6.45, 7) is 2.09. The molecule has 3 nitrogen and oxygen atoms in total. The Balaban J connectivity index is 2.16. The third kappa shape index (κ3) is 2.71. The van der Waals surface area contributed by atoms with Gasteiger partial charge in [-0.3, -0.25) is 0 Å². The van der Waals surface area contributed by atoms with Crippen LogP contribution in [-0.4, -0.2) is 17.0 Å². The molecular weight excluding hydrogens is 309 g/mol. The molecule has 0 amide bonds. The van der Waals surface area contributed by atoms with Gasteiger partial charge in [-0.15, -0.1) is 11.3 Å². The number of fused-ring (bicyclic) bond motifs is 1. The third-order valence-electron chi connectivity index (χ3n) is 3.26. The third-order valence-corrected chi connectivity index (χ3v) is 4.60. The van der Waals surface area contributed by atoms with Crippen LogP contribution in [-0.2, 0) is 6.42 Å². The number of hydrogen-bond acceptors (Lipinski definition) is 4. The van der Waals surface area contributed by atoms with Crippen molar-refractivity contribution in [3.63, 3.8) is 0 Å². The van der Waals surface area contributed by atoms with Crippen LogP contribution < -0.4 is 4.90 Å². The largest absolute Gasteiger partial charge is 0.329 e. The van der Waals surface area contributed by atoms with Crippen molar-refractivity contribution in [3.05, 3.63) is 46.3 Å². The molecule has 6 heteroatoms. The molecule has 2 aromatic heterocycles. The molecule has 21 heavy (non-hydrogen) atoms. The molecule has 0 radical (unpaired) electrons. The molecule has 0 spiro atoms. The Hall–Kier alpha value is -1.72. The first kappa shape index (κ1) is 14.2. The van der Waals surface area contributed by atoms with Crippen LogP contribution in [0.4, 0.5) is 15.9 Å². The maximum absolute atomic E-state index is 13.4.